The van der Waals surface area contributed by atoms with Gasteiger partial charge in [0, 0.05) is 30.4 Å². The zero-order valence-electron chi connectivity index (χ0n) is 12.9. The number of phenols is 1. The Morgan fingerprint density at radius 1 is 1.21 bits per heavy atom. The summed E-state index contributed by atoms with van der Waals surface area (Å²) >= 11 is 1.56. The van der Waals surface area contributed by atoms with E-state index in [1.54, 1.807) is 42.4 Å². The number of hydrogen-bond donors (Lipinski definition) is 2. The number of aromatic hydroxyl groups is 1. The molecule has 1 aliphatic heterocycles. The molecule has 24 heavy (non-hydrogen) atoms. The fraction of sp³-hybridized carbons (Fsp3) is 0.111. The number of thioether (sulfide) groups is 1. The van der Waals surface area contributed by atoms with Crippen LogP contribution in [0.25, 0.3) is 0 Å². The highest BCUT2D eigenvalue weighted by atomic mass is 32.2. The van der Waals surface area contributed by atoms with Gasteiger partial charge in [0.25, 0.3) is 5.91 Å². The number of primary amides is 1. The van der Waals surface area contributed by atoms with Gasteiger partial charge in [0.15, 0.2) is 0 Å². The van der Waals surface area contributed by atoms with Gasteiger partial charge in [-0.15, -0.1) is 11.8 Å². The van der Waals surface area contributed by atoms with E-state index in [0.717, 1.165) is 16.3 Å². The van der Waals surface area contributed by atoms with Crippen LogP contribution < -0.4 is 10.6 Å². The minimum Gasteiger partial charge on any atom is -0.508 e. The van der Waals surface area contributed by atoms with Gasteiger partial charge in [-0.3, -0.25) is 9.78 Å². The van der Waals surface area contributed by atoms with Crippen molar-refractivity contribution in [2.75, 3.05) is 11.4 Å². The number of benzene rings is 1. The van der Waals surface area contributed by atoms with Crippen molar-refractivity contribution in [3.05, 3.63) is 77.1 Å². The van der Waals surface area contributed by atoms with Crippen molar-refractivity contribution in [3.8, 4) is 5.75 Å². The van der Waals surface area contributed by atoms with Gasteiger partial charge in [-0.25, -0.2) is 0 Å². The van der Waals surface area contributed by atoms with Crippen LogP contribution in [0.2, 0.25) is 0 Å². The minimum absolute atomic E-state index is 0.205. The third-order valence-corrected chi connectivity index (χ3v) is 4.79. The molecule has 2 aromatic rings. The number of carbonyl (C=O) groups is 1. The summed E-state index contributed by atoms with van der Waals surface area (Å²) in [6.45, 7) is 0.639. The van der Waals surface area contributed by atoms with Crippen molar-refractivity contribution in [1.82, 2.24) is 4.98 Å². The van der Waals surface area contributed by atoms with Crippen molar-refractivity contribution in [2.24, 2.45) is 5.73 Å². The summed E-state index contributed by atoms with van der Waals surface area (Å²) in [6, 6.07) is 10.8. The van der Waals surface area contributed by atoms with Crippen LogP contribution >= 0.6 is 11.8 Å². The quantitative estimate of drug-likeness (QED) is 0.876. The molecule has 1 amide bonds. The lowest BCUT2D eigenvalue weighted by atomic mass is 10.1. The third kappa shape index (κ3) is 3.60. The molecule has 3 rings (SSSR count). The minimum atomic E-state index is -0.452. The predicted molar refractivity (Wildman–Crippen MR) is 96.3 cm³/mol. The second-order valence-corrected chi connectivity index (χ2v) is 6.22. The molecular weight excluding hydrogens is 322 g/mol. The fourth-order valence-electron chi connectivity index (χ4n) is 2.40. The molecule has 0 fully saturated rings. The average Bonchev–Trinajstić information content (AvgIpc) is 2.61. The fourth-order valence-corrected chi connectivity index (χ4v) is 3.56. The largest absolute Gasteiger partial charge is 0.508 e. The molecule has 0 atom stereocenters. The molecule has 0 saturated heterocycles. The third-order valence-electron chi connectivity index (χ3n) is 3.60. The average molecular weight is 339 g/mol. The van der Waals surface area contributed by atoms with E-state index in [0.29, 0.717) is 17.9 Å². The standard InChI is InChI=1S/C18H17N3O2S/c19-17(23)16-2-1-11-21(14-3-5-15(22)6-4-14)18(16)24-12-13-7-9-20-10-8-13/h1-10,22H,11-12H2,(H2,19,23). The number of phenolic OH excluding ortho intramolecular Hbond substituents is 1. The highest BCUT2D eigenvalue weighted by Crippen LogP contribution is 2.34. The van der Waals surface area contributed by atoms with Crippen LogP contribution in [-0.2, 0) is 10.5 Å². The molecule has 0 saturated carbocycles. The van der Waals surface area contributed by atoms with Gasteiger partial charge in [-0.1, -0.05) is 6.08 Å². The molecule has 1 aliphatic rings. The number of hydrogen-bond acceptors (Lipinski definition) is 5. The summed E-state index contributed by atoms with van der Waals surface area (Å²) in [5, 5.41) is 10.3. The Bertz CT molecular complexity index is 786. The molecule has 1 aromatic carbocycles. The van der Waals surface area contributed by atoms with Crippen LogP contribution in [0.3, 0.4) is 0 Å². The number of nitrogens with zero attached hydrogens (tertiary/aromatic N) is 2. The summed E-state index contributed by atoms with van der Waals surface area (Å²) in [4.78, 5) is 17.9. The van der Waals surface area contributed by atoms with E-state index in [9.17, 15) is 9.90 Å². The maximum atomic E-state index is 11.8. The first kappa shape index (κ1) is 16.1. The first-order valence-corrected chi connectivity index (χ1v) is 8.42. The molecular formula is C18H17N3O2S. The maximum Gasteiger partial charge on any atom is 0.251 e. The number of nitrogens with two attached hydrogens (primary N) is 1. The lowest BCUT2D eigenvalue weighted by Gasteiger charge is -2.30. The molecule has 3 N–H and O–H groups in total. The topological polar surface area (TPSA) is 79.5 Å². The lowest BCUT2D eigenvalue weighted by Crippen LogP contribution is -2.28. The van der Waals surface area contributed by atoms with E-state index in [1.807, 2.05) is 35.2 Å². The van der Waals surface area contributed by atoms with Crippen molar-refractivity contribution in [3.63, 3.8) is 0 Å². The Labute approximate surface area is 144 Å². The molecule has 122 valence electrons. The Morgan fingerprint density at radius 3 is 2.58 bits per heavy atom. The molecule has 0 radical (unpaired) electrons. The number of carbonyl (C=O) groups excluding carboxylic acids is 1. The van der Waals surface area contributed by atoms with Gasteiger partial charge in [-0.05, 0) is 48.0 Å². The van der Waals surface area contributed by atoms with Gasteiger partial charge >= 0.3 is 0 Å². The molecule has 5 nitrogen and oxygen atoms in total. The van der Waals surface area contributed by atoms with Gasteiger partial charge < -0.3 is 15.7 Å². The molecule has 0 unspecified atom stereocenters. The first-order valence-electron chi connectivity index (χ1n) is 7.44. The van der Waals surface area contributed by atoms with Gasteiger partial charge in [0.05, 0.1) is 10.6 Å². The van der Waals surface area contributed by atoms with Crippen LogP contribution in [0, 0.1) is 0 Å². The van der Waals surface area contributed by atoms with Gasteiger partial charge in [-0.2, -0.15) is 0 Å². The molecule has 6 heteroatoms. The van der Waals surface area contributed by atoms with Crippen LogP contribution in [0.5, 0.6) is 5.75 Å². The van der Waals surface area contributed by atoms with E-state index in [4.69, 9.17) is 5.73 Å². The van der Waals surface area contributed by atoms with Crippen LogP contribution in [0.4, 0.5) is 5.69 Å². The normalized spacial score (nSPS) is 14.1. The van der Waals surface area contributed by atoms with E-state index in [1.165, 1.54) is 0 Å². The highest BCUT2D eigenvalue weighted by Gasteiger charge is 2.21. The Morgan fingerprint density at radius 2 is 1.92 bits per heavy atom. The van der Waals surface area contributed by atoms with Crippen LogP contribution in [0.1, 0.15) is 5.56 Å². The zero-order valence-corrected chi connectivity index (χ0v) is 13.7. The Balaban J connectivity index is 1.91. The predicted octanol–water partition coefficient (Wildman–Crippen LogP) is 2.79. The number of amides is 1. The molecule has 0 bridgehead atoms. The van der Waals surface area contributed by atoms with Crippen LogP contribution in [0.15, 0.2) is 71.5 Å². The number of pyridine rings is 1. The second kappa shape index (κ2) is 7.23. The molecule has 0 aliphatic carbocycles. The maximum absolute atomic E-state index is 11.8. The van der Waals surface area contributed by atoms with E-state index >= 15 is 0 Å². The number of anilines is 1. The monoisotopic (exact) mass is 339 g/mol. The van der Waals surface area contributed by atoms with Crippen molar-refractivity contribution >= 4 is 23.4 Å². The SMILES string of the molecule is NC(=O)C1=C(SCc2ccncc2)N(c2ccc(O)cc2)CC=C1. The molecule has 0 spiro atoms. The smallest absolute Gasteiger partial charge is 0.251 e. The zero-order chi connectivity index (χ0) is 16.9. The molecule has 1 aromatic heterocycles. The summed E-state index contributed by atoms with van der Waals surface area (Å²) in [7, 11) is 0. The van der Waals surface area contributed by atoms with Gasteiger partial charge in [0.2, 0.25) is 0 Å². The number of rotatable bonds is 5. The second-order valence-electron chi connectivity index (χ2n) is 5.26. The summed E-state index contributed by atoms with van der Waals surface area (Å²) < 4.78 is 0. The van der Waals surface area contributed by atoms with E-state index in [2.05, 4.69) is 4.98 Å². The van der Waals surface area contributed by atoms with Crippen LogP contribution in [-0.4, -0.2) is 22.5 Å². The number of aromatic nitrogens is 1. The van der Waals surface area contributed by atoms with Crippen molar-refractivity contribution in [2.45, 2.75) is 5.75 Å². The van der Waals surface area contributed by atoms with E-state index in [-0.39, 0.29) is 5.75 Å². The van der Waals surface area contributed by atoms with E-state index < -0.39 is 5.91 Å². The lowest BCUT2D eigenvalue weighted by molar-refractivity contribution is -0.114. The molecule has 2 heterocycles. The Hall–Kier alpha value is -2.73. The summed E-state index contributed by atoms with van der Waals surface area (Å²) in [6.07, 6.45) is 7.17. The summed E-state index contributed by atoms with van der Waals surface area (Å²) in [5.41, 5.74) is 8.06. The van der Waals surface area contributed by atoms with Crippen molar-refractivity contribution < 1.29 is 9.90 Å². The van der Waals surface area contributed by atoms with Gasteiger partial charge in [0.1, 0.15) is 5.75 Å². The highest BCUT2D eigenvalue weighted by molar-refractivity contribution is 8.02. The van der Waals surface area contributed by atoms with Crippen molar-refractivity contribution in [1.29, 1.82) is 0 Å². The Kier molecular flexibility index (Phi) is 4.86. The first-order chi connectivity index (χ1) is 11.6. The summed E-state index contributed by atoms with van der Waals surface area (Å²) in [5.74, 6) is 0.459.